The standard InChI is InChI=1S/C27H31F3N4O3/c1-4-34(5-2)22(35)17-19(15-16-27(28,29)30)25(36)32-24-26(37)33(3)21-14-10-9-13-20(21)23(31-24)18-11-7-6-8-12-18/h6-14,19,24H,4-5,15-17H2,1-3H3,(H,32,36)/t19-,24-/m1/s1. The number of nitrogens with one attached hydrogen (secondary N) is 1. The van der Waals surface area contributed by atoms with Gasteiger partial charge in [-0.05, 0) is 26.3 Å². The molecule has 0 saturated carbocycles. The quantitative estimate of drug-likeness (QED) is 0.544. The van der Waals surface area contributed by atoms with Gasteiger partial charge in [-0.25, -0.2) is 4.99 Å². The number of para-hydroxylation sites is 1. The van der Waals surface area contributed by atoms with E-state index in [-0.39, 0.29) is 0 Å². The summed E-state index contributed by atoms with van der Waals surface area (Å²) in [6, 6.07) is 16.2. The van der Waals surface area contributed by atoms with Crippen molar-refractivity contribution in [1.82, 2.24) is 10.2 Å². The summed E-state index contributed by atoms with van der Waals surface area (Å²) in [5.41, 5.74) is 2.43. The minimum absolute atomic E-state index is 0.373. The number of hydrogen-bond donors (Lipinski definition) is 1. The van der Waals surface area contributed by atoms with Gasteiger partial charge < -0.3 is 15.1 Å². The number of halogens is 3. The average Bonchev–Trinajstić information content (AvgIpc) is 2.98. The van der Waals surface area contributed by atoms with E-state index in [9.17, 15) is 27.6 Å². The zero-order chi connectivity index (χ0) is 27.2. The van der Waals surface area contributed by atoms with Crippen molar-refractivity contribution in [2.75, 3.05) is 25.0 Å². The number of fused-ring (bicyclic) bond motifs is 1. The fraction of sp³-hybridized carbons (Fsp3) is 0.407. The molecule has 1 N–H and O–H groups in total. The molecule has 1 heterocycles. The predicted molar refractivity (Wildman–Crippen MR) is 135 cm³/mol. The maximum Gasteiger partial charge on any atom is 0.389 e. The Morgan fingerprint density at radius 2 is 1.68 bits per heavy atom. The first kappa shape index (κ1) is 27.9. The van der Waals surface area contributed by atoms with Crippen molar-refractivity contribution in [3.8, 4) is 0 Å². The highest BCUT2D eigenvalue weighted by Gasteiger charge is 2.35. The van der Waals surface area contributed by atoms with Crippen LogP contribution < -0.4 is 10.2 Å². The van der Waals surface area contributed by atoms with Crippen LogP contribution in [0.4, 0.5) is 18.9 Å². The van der Waals surface area contributed by atoms with Gasteiger partial charge in [0.1, 0.15) is 0 Å². The van der Waals surface area contributed by atoms with Crippen LogP contribution in [0.2, 0.25) is 0 Å². The lowest BCUT2D eigenvalue weighted by atomic mass is 9.97. The number of alkyl halides is 3. The van der Waals surface area contributed by atoms with E-state index in [0.29, 0.717) is 35.6 Å². The second kappa shape index (κ2) is 12.0. The molecule has 1 aliphatic heterocycles. The molecule has 0 spiro atoms. The third kappa shape index (κ3) is 6.96. The van der Waals surface area contributed by atoms with Crippen LogP contribution in [0.15, 0.2) is 59.6 Å². The zero-order valence-corrected chi connectivity index (χ0v) is 21.1. The van der Waals surface area contributed by atoms with E-state index in [2.05, 4.69) is 10.3 Å². The number of carbonyl (C=O) groups excluding carboxylic acids is 3. The molecule has 37 heavy (non-hydrogen) atoms. The van der Waals surface area contributed by atoms with Crippen molar-refractivity contribution >= 4 is 29.1 Å². The van der Waals surface area contributed by atoms with E-state index in [0.717, 1.165) is 0 Å². The van der Waals surface area contributed by atoms with Crippen molar-refractivity contribution in [2.45, 2.75) is 45.5 Å². The topological polar surface area (TPSA) is 82.1 Å². The van der Waals surface area contributed by atoms with Crippen molar-refractivity contribution in [2.24, 2.45) is 10.9 Å². The third-order valence-corrected chi connectivity index (χ3v) is 6.35. The summed E-state index contributed by atoms with van der Waals surface area (Å²) in [7, 11) is 1.55. The second-order valence-electron chi connectivity index (χ2n) is 8.79. The van der Waals surface area contributed by atoms with Crippen LogP contribution in [0.1, 0.15) is 44.2 Å². The summed E-state index contributed by atoms with van der Waals surface area (Å²) in [5.74, 6) is -3.05. The first-order chi connectivity index (χ1) is 17.6. The Morgan fingerprint density at radius 1 is 1.05 bits per heavy atom. The molecular formula is C27H31F3N4O3. The Hall–Kier alpha value is -3.69. The monoisotopic (exact) mass is 516 g/mol. The van der Waals surface area contributed by atoms with Crippen molar-refractivity contribution < 1.29 is 27.6 Å². The summed E-state index contributed by atoms with van der Waals surface area (Å²) in [5, 5.41) is 2.53. The Morgan fingerprint density at radius 3 is 2.30 bits per heavy atom. The molecule has 0 aliphatic carbocycles. The molecule has 1 aliphatic rings. The lowest BCUT2D eigenvalue weighted by molar-refractivity contribution is -0.145. The van der Waals surface area contributed by atoms with Crippen molar-refractivity contribution in [1.29, 1.82) is 0 Å². The Bertz CT molecular complexity index is 1150. The minimum Gasteiger partial charge on any atom is -0.343 e. The van der Waals surface area contributed by atoms with E-state index in [4.69, 9.17) is 0 Å². The molecule has 2 atom stereocenters. The molecular weight excluding hydrogens is 485 g/mol. The van der Waals surface area contributed by atoms with Crippen LogP contribution in [-0.4, -0.2) is 60.8 Å². The van der Waals surface area contributed by atoms with Crippen LogP contribution >= 0.6 is 0 Å². The highest BCUT2D eigenvalue weighted by atomic mass is 19.4. The summed E-state index contributed by atoms with van der Waals surface area (Å²) in [4.78, 5) is 46.6. The normalized spacial score (nSPS) is 16.4. The van der Waals surface area contributed by atoms with Crippen LogP contribution in [0.25, 0.3) is 0 Å². The van der Waals surface area contributed by atoms with Crippen LogP contribution in [0.3, 0.4) is 0 Å². The fourth-order valence-electron chi connectivity index (χ4n) is 4.27. The number of benzene rings is 2. The third-order valence-electron chi connectivity index (χ3n) is 6.35. The second-order valence-corrected chi connectivity index (χ2v) is 8.79. The lowest BCUT2D eigenvalue weighted by Crippen LogP contribution is -2.48. The molecule has 2 aromatic carbocycles. The first-order valence-corrected chi connectivity index (χ1v) is 12.2. The lowest BCUT2D eigenvalue weighted by Gasteiger charge is -2.25. The molecule has 0 aromatic heterocycles. The molecule has 2 aromatic rings. The van der Waals surface area contributed by atoms with Crippen LogP contribution in [-0.2, 0) is 14.4 Å². The number of aliphatic imine (C=N–C) groups is 1. The number of likely N-dealkylation sites (N-methyl/N-ethyl adjacent to an activating group) is 1. The van der Waals surface area contributed by atoms with Crippen molar-refractivity contribution in [3.63, 3.8) is 0 Å². The van der Waals surface area contributed by atoms with Gasteiger partial charge in [-0.2, -0.15) is 13.2 Å². The van der Waals surface area contributed by atoms with Gasteiger partial charge in [0.25, 0.3) is 5.91 Å². The molecule has 0 unspecified atom stereocenters. The number of rotatable bonds is 9. The number of amides is 3. The summed E-state index contributed by atoms with van der Waals surface area (Å²) < 4.78 is 39.0. The molecule has 7 nitrogen and oxygen atoms in total. The van der Waals surface area contributed by atoms with Gasteiger partial charge in [0, 0.05) is 50.0 Å². The maximum absolute atomic E-state index is 13.3. The van der Waals surface area contributed by atoms with Crippen LogP contribution in [0, 0.1) is 5.92 Å². The summed E-state index contributed by atoms with van der Waals surface area (Å²) >= 11 is 0. The number of nitrogens with zero attached hydrogens (tertiary/aromatic N) is 3. The molecule has 0 saturated heterocycles. The Kier molecular flexibility index (Phi) is 9.07. The number of carbonyl (C=O) groups is 3. The number of anilines is 1. The Balaban J connectivity index is 1.95. The highest BCUT2D eigenvalue weighted by molar-refractivity contribution is 6.20. The Labute approximate surface area is 214 Å². The van der Waals surface area contributed by atoms with E-state index in [1.165, 1.54) is 9.80 Å². The van der Waals surface area contributed by atoms with Gasteiger partial charge in [0.2, 0.25) is 18.0 Å². The SMILES string of the molecule is CCN(CC)C(=O)C[C@@H](CCC(F)(F)F)C(=O)N[C@H]1N=C(c2ccccc2)c2ccccc2N(C)C1=O. The number of benzodiazepines with no additional fused rings is 1. The molecule has 3 amide bonds. The first-order valence-electron chi connectivity index (χ1n) is 12.2. The minimum atomic E-state index is -4.49. The van der Waals surface area contributed by atoms with Gasteiger partial charge >= 0.3 is 6.18 Å². The molecule has 10 heteroatoms. The number of hydrogen-bond acceptors (Lipinski definition) is 4. The highest BCUT2D eigenvalue weighted by Crippen LogP contribution is 2.29. The summed E-state index contributed by atoms with van der Waals surface area (Å²) in [6.07, 6.45) is -8.06. The van der Waals surface area contributed by atoms with E-state index in [1.54, 1.807) is 39.1 Å². The molecule has 0 fully saturated rings. The predicted octanol–water partition coefficient (Wildman–Crippen LogP) is 4.16. The fourth-order valence-corrected chi connectivity index (χ4v) is 4.27. The van der Waals surface area contributed by atoms with E-state index >= 15 is 0 Å². The molecule has 0 radical (unpaired) electrons. The average molecular weight is 517 g/mol. The summed E-state index contributed by atoms with van der Waals surface area (Å²) in [6.45, 7) is 4.25. The van der Waals surface area contributed by atoms with Gasteiger partial charge in [-0.1, -0.05) is 48.5 Å². The van der Waals surface area contributed by atoms with Crippen LogP contribution in [0.5, 0.6) is 0 Å². The van der Waals surface area contributed by atoms with E-state index < -0.39 is 55.2 Å². The van der Waals surface area contributed by atoms with Gasteiger partial charge in [-0.15, -0.1) is 0 Å². The van der Waals surface area contributed by atoms with E-state index in [1.807, 2.05) is 36.4 Å². The van der Waals surface area contributed by atoms with Crippen molar-refractivity contribution in [3.05, 3.63) is 65.7 Å². The van der Waals surface area contributed by atoms with Gasteiger partial charge in [0.15, 0.2) is 0 Å². The zero-order valence-electron chi connectivity index (χ0n) is 21.1. The maximum atomic E-state index is 13.3. The smallest absolute Gasteiger partial charge is 0.343 e. The molecule has 198 valence electrons. The molecule has 3 rings (SSSR count). The largest absolute Gasteiger partial charge is 0.389 e. The van der Waals surface area contributed by atoms with Gasteiger partial charge in [-0.3, -0.25) is 14.4 Å². The van der Waals surface area contributed by atoms with Gasteiger partial charge in [0.05, 0.1) is 11.4 Å². The molecule has 0 bridgehead atoms.